The summed E-state index contributed by atoms with van der Waals surface area (Å²) in [6, 6.07) is 5.25. The van der Waals surface area contributed by atoms with Gasteiger partial charge in [0.2, 0.25) is 21.8 Å². The Balaban J connectivity index is 1.87. The van der Waals surface area contributed by atoms with Crippen LogP contribution in [-0.4, -0.2) is 62.8 Å². The van der Waals surface area contributed by atoms with Crippen molar-refractivity contribution >= 4 is 21.8 Å². The smallest absolute Gasteiger partial charge is 0.240 e. The number of hydrogen-bond donors (Lipinski definition) is 1. The van der Waals surface area contributed by atoms with Crippen LogP contribution in [0.5, 0.6) is 0 Å². The van der Waals surface area contributed by atoms with Crippen LogP contribution in [0.4, 0.5) is 0 Å². The molecule has 1 fully saturated rings. The van der Waals surface area contributed by atoms with Gasteiger partial charge in [0, 0.05) is 46.1 Å². The number of aryl methyl sites for hydroxylation is 2. The van der Waals surface area contributed by atoms with Gasteiger partial charge in [-0.1, -0.05) is 12.1 Å². The quantitative estimate of drug-likeness (QED) is 0.828. The van der Waals surface area contributed by atoms with Crippen molar-refractivity contribution in [3.8, 4) is 0 Å². The van der Waals surface area contributed by atoms with E-state index in [1.165, 1.54) is 6.92 Å². The lowest BCUT2D eigenvalue weighted by atomic mass is 10.2. The van der Waals surface area contributed by atoms with Gasteiger partial charge >= 0.3 is 0 Å². The van der Waals surface area contributed by atoms with Gasteiger partial charge in [-0.15, -0.1) is 0 Å². The van der Waals surface area contributed by atoms with E-state index in [9.17, 15) is 18.0 Å². The van der Waals surface area contributed by atoms with Gasteiger partial charge in [-0.05, 0) is 31.0 Å². The van der Waals surface area contributed by atoms with E-state index in [-0.39, 0.29) is 29.7 Å². The third kappa shape index (κ3) is 5.02. The van der Waals surface area contributed by atoms with Crippen LogP contribution < -0.4 is 4.72 Å². The zero-order valence-corrected chi connectivity index (χ0v) is 15.7. The van der Waals surface area contributed by atoms with Crippen LogP contribution in [0.25, 0.3) is 0 Å². The first-order valence-electron chi connectivity index (χ1n) is 8.31. The Morgan fingerprint density at radius 3 is 2.28 bits per heavy atom. The Morgan fingerprint density at radius 2 is 1.68 bits per heavy atom. The highest BCUT2D eigenvalue weighted by Crippen LogP contribution is 2.16. The van der Waals surface area contributed by atoms with Crippen molar-refractivity contribution < 1.29 is 18.0 Å². The SMILES string of the molecule is CC(=O)N1CCN(C(=O)CCNS(=O)(=O)c2cc(C)ccc2C)CC1. The molecule has 0 unspecified atom stereocenters. The largest absolute Gasteiger partial charge is 0.339 e. The number of nitrogens with zero attached hydrogens (tertiary/aromatic N) is 2. The molecule has 1 heterocycles. The van der Waals surface area contributed by atoms with Crippen molar-refractivity contribution in [1.29, 1.82) is 0 Å². The summed E-state index contributed by atoms with van der Waals surface area (Å²) < 4.78 is 27.3. The van der Waals surface area contributed by atoms with Gasteiger partial charge < -0.3 is 9.80 Å². The molecule has 138 valence electrons. The predicted molar refractivity (Wildman–Crippen MR) is 94.6 cm³/mol. The van der Waals surface area contributed by atoms with Crippen LogP contribution in [0.15, 0.2) is 23.1 Å². The van der Waals surface area contributed by atoms with Crippen molar-refractivity contribution in [3.05, 3.63) is 29.3 Å². The second kappa shape index (κ2) is 7.97. The first kappa shape index (κ1) is 19.4. The Morgan fingerprint density at radius 1 is 1.08 bits per heavy atom. The van der Waals surface area contributed by atoms with Crippen molar-refractivity contribution in [2.24, 2.45) is 0 Å². The van der Waals surface area contributed by atoms with E-state index < -0.39 is 10.0 Å². The Labute approximate surface area is 149 Å². The standard InChI is InChI=1S/C17H25N3O4S/c1-13-4-5-14(2)16(12-13)25(23,24)18-7-6-17(22)20-10-8-19(9-11-20)15(3)21/h4-5,12,18H,6-11H2,1-3H3. The monoisotopic (exact) mass is 367 g/mol. The lowest BCUT2D eigenvalue weighted by molar-refractivity contribution is -0.138. The summed E-state index contributed by atoms with van der Waals surface area (Å²) in [4.78, 5) is 27.1. The average molecular weight is 367 g/mol. The maximum absolute atomic E-state index is 12.4. The molecule has 1 N–H and O–H groups in total. The highest BCUT2D eigenvalue weighted by Gasteiger charge is 2.23. The molecule has 8 heteroatoms. The Hall–Kier alpha value is -1.93. The number of hydrogen-bond acceptors (Lipinski definition) is 4. The maximum Gasteiger partial charge on any atom is 0.240 e. The zero-order valence-electron chi connectivity index (χ0n) is 14.9. The van der Waals surface area contributed by atoms with Crippen molar-refractivity contribution in [3.63, 3.8) is 0 Å². The molecule has 0 aliphatic carbocycles. The molecule has 1 saturated heterocycles. The zero-order chi connectivity index (χ0) is 18.6. The molecule has 0 aromatic heterocycles. The van der Waals surface area contributed by atoms with Crippen molar-refractivity contribution in [2.75, 3.05) is 32.7 Å². The third-order valence-corrected chi connectivity index (χ3v) is 5.94. The molecule has 0 bridgehead atoms. The lowest BCUT2D eigenvalue weighted by Crippen LogP contribution is -2.50. The van der Waals surface area contributed by atoms with Gasteiger partial charge in [-0.25, -0.2) is 13.1 Å². The van der Waals surface area contributed by atoms with E-state index in [4.69, 9.17) is 0 Å². The fourth-order valence-electron chi connectivity index (χ4n) is 2.80. The van der Waals surface area contributed by atoms with Gasteiger partial charge in [-0.2, -0.15) is 0 Å². The molecule has 1 aliphatic rings. The van der Waals surface area contributed by atoms with E-state index in [0.29, 0.717) is 31.7 Å². The molecular weight excluding hydrogens is 342 g/mol. The Kier molecular flexibility index (Phi) is 6.18. The van der Waals surface area contributed by atoms with Crippen LogP contribution in [0.2, 0.25) is 0 Å². The number of rotatable bonds is 5. The predicted octanol–water partition coefficient (Wildman–Crippen LogP) is 0.663. The number of nitrogens with one attached hydrogen (secondary N) is 1. The van der Waals surface area contributed by atoms with E-state index in [1.807, 2.05) is 13.0 Å². The number of piperazine rings is 1. The number of amides is 2. The van der Waals surface area contributed by atoms with Gasteiger partial charge in [0.15, 0.2) is 0 Å². The highest BCUT2D eigenvalue weighted by atomic mass is 32.2. The van der Waals surface area contributed by atoms with E-state index in [1.54, 1.807) is 28.9 Å². The fraction of sp³-hybridized carbons (Fsp3) is 0.529. The van der Waals surface area contributed by atoms with Gasteiger partial charge in [-0.3, -0.25) is 9.59 Å². The highest BCUT2D eigenvalue weighted by molar-refractivity contribution is 7.89. The fourth-order valence-corrected chi connectivity index (χ4v) is 4.16. The van der Waals surface area contributed by atoms with Crippen LogP contribution in [0.3, 0.4) is 0 Å². The van der Waals surface area contributed by atoms with E-state index in [2.05, 4.69) is 4.72 Å². The number of sulfonamides is 1. The first-order chi connectivity index (χ1) is 11.7. The molecule has 0 saturated carbocycles. The van der Waals surface area contributed by atoms with Crippen molar-refractivity contribution in [2.45, 2.75) is 32.1 Å². The van der Waals surface area contributed by atoms with Crippen LogP contribution in [0, 0.1) is 13.8 Å². The topological polar surface area (TPSA) is 86.8 Å². The van der Waals surface area contributed by atoms with Crippen LogP contribution in [-0.2, 0) is 19.6 Å². The van der Waals surface area contributed by atoms with Gasteiger partial charge in [0.1, 0.15) is 0 Å². The molecule has 2 rings (SSSR count). The summed E-state index contributed by atoms with van der Waals surface area (Å²) in [5.74, 6) is -0.0970. The number of carbonyl (C=O) groups is 2. The second-order valence-electron chi connectivity index (χ2n) is 6.30. The van der Waals surface area contributed by atoms with Crippen molar-refractivity contribution in [1.82, 2.24) is 14.5 Å². The summed E-state index contributed by atoms with van der Waals surface area (Å²) in [6.45, 7) is 7.17. The van der Waals surface area contributed by atoms with E-state index in [0.717, 1.165) is 5.56 Å². The van der Waals surface area contributed by atoms with Crippen LogP contribution >= 0.6 is 0 Å². The second-order valence-corrected chi connectivity index (χ2v) is 8.04. The number of benzene rings is 1. The van der Waals surface area contributed by atoms with E-state index >= 15 is 0 Å². The van der Waals surface area contributed by atoms with Crippen LogP contribution in [0.1, 0.15) is 24.5 Å². The summed E-state index contributed by atoms with van der Waals surface area (Å²) in [5, 5.41) is 0. The summed E-state index contributed by atoms with van der Waals surface area (Å²) in [7, 11) is -3.63. The molecule has 1 aliphatic heterocycles. The average Bonchev–Trinajstić information content (AvgIpc) is 2.56. The summed E-state index contributed by atoms with van der Waals surface area (Å²) >= 11 is 0. The minimum absolute atomic E-state index is 0.00776. The minimum atomic E-state index is -3.63. The lowest BCUT2D eigenvalue weighted by Gasteiger charge is -2.34. The number of carbonyl (C=O) groups excluding carboxylic acids is 2. The van der Waals surface area contributed by atoms with Gasteiger partial charge in [0.25, 0.3) is 0 Å². The molecule has 2 amide bonds. The van der Waals surface area contributed by atoms with Gasteiger partial charge in [0.05, 0.1) is 4.90 Å². The molecule has 25 heavy (non-hydrogen) atoms. The minimum Gasteiger partial charge on any atom is -0.339 e. The first-order valence-corrected chi connectivity index (χ1v) is 9.79. The Bertz CT molecular complexity index is 753. The summed E-state index contributed by atoms with van der Waals surface area (Å²) in [6.07, 6.45) is 0.101. The molecule has 7 nitrogen and oxygen atoms in total. The third-order valence-electron chi connectivity index (χ3n) is 4.34. The molecule has 1 aromatic carbocycles. The molecule has 0 spiro atoms. The molecule has 1 aromatic rings. The molecular formula is C17H25N3O4S. The molecule has 0 atom stereocenters. The maximum atomic E-state index is 12.4. The molecule has 0 radical (unpaired) electrons. The normalized spacial score (nSPS) is 15.3. The summed E-state index contributed by atoms with van der Waals surface area (Å²) in [5.41, 5.74) is 1.54.